The summed E-state index contributed by atoms with van der Waals surface area (Å²) in [5, 5.41) is 11.8. The van der Waals surface area contributed by atoms with Crippen LogP contribution >= 0.6 is 11.8 Å². The van der Waals surface area contributed by atoms with Crippen molar-refractivity contribution in [3.05, 3.63) is 75.2 Å². The minimum Gasteiger partial charge on any atom is -0.348 e. The number of pyridine rings is 2. The van der Waals surface area contributed by atoms with E-state index in [1.807, 2.05) is 56.2 Å². The fourth-order valence-electron chi connectivity index (χ4n) is 6.18. The molecule has 0 unspecified atom stereocenters. The Balaban J connectivity index is 1.31. The molecule has 4 aromatic heterocycles. The Morgan fingerprint density at radius 3 is 2.70 bits per heavy atom. The standard InChI is InChI=1S/C30H39N7O2S/c1-18-13-26(40-5)25(29(38)35-18)16-33-30(39)27-20(3)37(28-24(27)7-6-12-31-28)19(2)22-8-10-23(11-9-22)32-14-21-15-34-36(4)17-21/h6-7,12-13,15,17,19,22-23,32H,8-11,14,16H2,1-5H3,(H,33,39)(H,35,38)/t19-,22?,23?/m1/s1. The molecule has 212 valence electrons. The molecular formula is C30H39N7O2S. The van der Waals surface area contributed by atoms with E-state index in [2.05, 4.69) is 38.4 Å². The summed E-state index contributed by atoms with van der Waals surface area (Å²) in [4.78, 5) is 34.6. The second kappa shape index (κ2) is 12.0. The van der Waals surface area contributed by atoms with Gasteiger partial charge in [-0.15, -0.1) is 11.8 Å². The molecule has 1 aliphatic carbocycles. The van der Waals surface area contributed by atoms with Crippen LogP contribution in [0.2, 0.25) is 0 Å². The highest BCUT2D eigenvalue weighted by Gasteiger charge is 2.30. The fraction of sp³-hybridized carbons (Fsp3) is 0.467. The maximum Gasteiger partial charge on any atom is 0.254 e. The van der Waals surface area contributed by atoms with Gasteiger partial charge in [0.15, 0.2) is 0 Å². The maximum absolute atomic E-state index is 13.6. The third kappa shape index (κ3) is 5.74. The van der Waals surface area contributed by atoms with Crippen LogP contribution in [0, 0.1) is 19.8 Å². The topological polar surface area (TPSA) is 110 Å². The van der Waals surface area contributed by atoms with Gasteiger partial charge in [-0.3, -0.25) is 14.3 Å². The quantitative estimate of drug-likeness (QED) is 0.257. The first-order chi connectivity index (χ1) is 19.3. The Labute approximate surface area is 239 Å². The molecule has 0 saturated heterocycles. The molecule has 0 aromatic carbocycles. The third-order valence-corrected chi connectivity index (χ3v) is 9.13. The lowest BCUT2D eigenvalue weighted by atomic mass is 9.82. The van der Waals surface area contributed by atoms with Crippen LogP contribution < -0.4 is 16.2 Å². The number of carbonyl (C=O) groups is 1. The van der Waals surface area contributed by atoms with Crippen LogP contribution in [0.5, 0.6) is 0 Å². The lowest BCUT2D eigenvalue weighted by Crippen LogP contribution is -2.34. The van der Waals surface area contributed by atoms with Crippen molar-refractivity contribution < 1.29 is 4.79 Å². The number of hydrogen-bond acceptors (Lipinski definition) is 6. The van der Waals surface area contributed by atoms with E-state index in [0.29, 0.717) is 23.1 Å². The molecule has 40 heavy (non-hydrogen) atoms. The van der Waals surface area contributed by atoms with E-state index in [1.165, 1.54) is 17.3 Å². The van der Waals surface area contributed by atoms with Gasteiger partial charge in [0.05, 0.1) is 11.8 Å². The van der Waals surface area contributed by atoms with Crippen molar-refractivity contribution in [3.8, 4) is 0 Å². The van der Waals surface area contributed by atoms with Gasteiger partial charge in [-0.05, 0) is 76.8 Å². The van der Waals surface area contributed by atoms with Crippen LogP contribution in [0.4, 0.5) is 0 Å². The van der Waals surface area contributed by atoms with Crippen molar-refractivity contribution in [2.45, 2.75) is 76.5 Å². The Morgan fingerprint density at radius 2 is 2.00 bits per heavy atom. The highest BCUT2D eigenvalue weighted by atomic mass is 32.2. The van der Waals surface area contributed by atoms with Gasteiger partial charge in [-0.25, -0.2) is 4.98 Å². The van der Waals surface area contributed by atoms with Crippen molar-refractivity contribution >= 4 is 28.7 Å². The number of rotatable bonds is 9. The van der Waals surface area contributed by atoms with E-state index >= 15 is 0 Å². The van der Waals surface area contributed by atoms with Crippen LogP contribution in [0.25, 0.3) is 11.0 Å². The maximum atomic E-state index is 13.6. The number of H-pyrrole nitrogens is 1. The molecule has 0 spiro atoms. The summed E-state index contributed by atoms with van der Waals surface area (Å²) in [5.74, 6) is 0.315. The van der Waals surface area contributed by atoms with Crippen molar-refractivity contribution in [2.75, 3.05) is 6.26 Å². The Morgan fingerprint density at radius 1 is 1.23 bits per heavy atom. The number of hydrogen-bond donors (Lipinski definition) is 3. The number of carbonyl (C=O) groups excluding carboxylic acids is 1. The zero-order valence-electron chi connectivity index (χ0n) is 24.0. The zero-order chi connectivity index (χ0) is 28.4. The number of nitrogens with zero attached hydrogens (tertiary/aromatic N) is 4. The molecule has 4 heterocycles. The predicted molar refractivity (Wildman–Crippen MR) is 160 cm³/mol. The molecule has 1 aliphatic rings. The second-order valence-corrected chi connectivity index (χ2v) is 11.8. The number of aromatic amines is 1. The largest absolute Gasteiger partial charge is 0.348 e. The zero-order valence-corrected chi connectivity index (χ0v) is 24.8. The number of amides is 1. The Bertz CT molecular complexity index is 1560. The molecule has 10 heteroatoms. The van der Waals surface area contributed by atoms with Crippen molar-refractivity contribution in [1.29, 1.82) is 0 Å². The molecule has 9 nitrogen and oxygen atoms in total. The number of aryl methyl sites for hydroxylation is 2. The molecule has 0 bridgehead atoms. The summed E-state index contributed by atoms with van der Waals surface area (Å²) >= 11 is 1.51. The van der Waals surface area contributed by atoms with Gasteiger partial charge in [0, 0.05) is 77.4 Å². The third-order valence-electron chi connectivity index (χ3n) is 8.32. The van der Waals surface area contributed by atoms with E-state index in [-0.39, 0.29) is 24.1 Å². The van der Waals surface area contributed by atoms with E-state index in [9.17, 15) is 9.59 Å². The predicted octanol–water partition coefficient (Wildman–Crippen LogP) is 4.64. The van der Waals surface area contributed by atoms with Gasteiger partial charge >= 0.3 is 0 Å². The summed E-state index contributed by atoms with van der Waals surface area (Å²) in [5.41, 5.74) is 4.82. The molecule has 1 amide bonds. The van der Waals surface area contributed by atoms with Gasteiger partial charge in [0.25, 0.3) is 11.5 Å². The van der Waals surface area contributed by atoms with Gasteiger partial charge in [0.2, 0.25) is 0 Å². The molecule has 1 fully saturated rings. The van der Waals surface area contributed by atoms with E-state index in [0.717, 1.165) is 59.5 Å². The summed E-state index contributed by atoms with van der Waals surface area (Å²) in [7, 11) is 1.94. The van der Waals surface area contributed by atoms with Crippen LogP contribution in [0.1, 0.15) is 71.5 Å². The highest BCUT2D eigenvalue weighted by Crippen LogP contribution is 2.37. The highest BCUT2D eigenvalue weighted by molar-refractivity contribution is 7.98. The van der Waals surface area contributed by atoms with Gasteiger partial charge in [-0.2, -0.15) is 5.10 Å². The van der Waals surface area contributed by atoms with E-state index < -0.39 is 0 Å². The number of thioether (sulfide) groups is 1. The first-order valence-corrected chi connectivity index (χ1v) is 15.2. The molecule has 5 rings (SSSR count). The van der Waals surface area contributed by atoms with Crippen molar-refractivity contribution in [3.63, 3.8) is 0 Å². The normalized spacial score (nSPS) is 18.2. The first-order valence-electron chi connectivity index (χ1n) is 14.0. The molecule has 0 radical (unpaired) electrons. The van der Waals surface area contributed by atoms with Gasteiger partial charge in [-0.1, -0.05) is 0 Å². The monoisotopic (exact) mass is 561 g/mol. The van der Waals surface area contributed by atoms with Crippen LogP contribution in [-0.2, 0) is 20.1 Å². The minimum absolute atomic E-state index is 0.162. The van der Waals surface area contributed by atoms with Crippen LogP contribution in [0.3, 0.4) is 0 Å². The van der Waals surface area contributed by atoms with Crippen LogP contribution in [0.15, 0.2) is 46.5 Å². The molecule has 1 atom stereocenters. The summed E-state index contributed by atoms with van der Waals surface area (Å²) in [6.45, 7) is 7.15. The number of nitrogens with one attached hydrogen (secondary N) is 3. The van der Waals surface area contributed by atoms with Gasteiger partial charge < -0.3 is 20.2 Å². The SMILES string of the molecule is CSc1cc(C)[nH]c(=O)c1CNC(=O)c1c(C)n([C@H](C)C2CCC(NCc3cnn(C)c3)CC2)c2ncccc12. The molecular weight excluding hydrogens is 522 g/mol. The summed E-state index contributed by atoms with van der Waals surface area (Å²) in [6.07, 6.45) is 12.2. The lowest BCUT2D eigenvalue weighted by Gasteiger charge is -2.34. The van der Waals surface area contributed by atoms with E-state index in [1.54, 1.807) is 6.20 Å². The van der Waals surface area contributed by atoms with Gasteiger partial charge in [0.1, 0.15) is 5.65 Å². The molecule has 0 aliphatic heterocycles. The van der Waals surface area contributed by atoms with Crippen molar-refractivity contribution in [1.82, 2.24) is 34.9 Å². The lowest BCUT2D eigenvalue weighted by molar-refractivity contribution is 0.0951. The average Bonchev–Trinajstić information content (AvgIpc) is 3.50. The molecule has 3 N–H and O–H groups in total. The molecule has 1 saturated carbocycles. The molecule has 4 aromatic rings. The second-order valence-electron chi connectivity index (χ2n) is 11.0. The first kappa shape index (κ1) is 28.2. The Hall–Kier alpha value is -3.37. The number of aromatic nitrogens is 5. The number of fused-ring (bicyclic) bond motifs is 1. The van der Waals surface area contributed by atoms with E-state index in [4.69, 9.17) is 4.98 Å². The van der Waals surface area contributed by atoms with Crippen molar-refractivity contribution in [2.24, 2.45) is 13.0 Å². The smallest absolute Gasteiger partial charge is 0.254 e. The summed E-state index contributed by atoms with van der Waals surface area (Å²) in [6, 6.07) is 6.50. The van der Waals surface area contributed by atoms with Crippen LogP contribution in [-0.4, -0.2) is 42.5 Å². The Kier molecular flexibility index (Phi) is 8.46. The summed E-state index contributed by atoms with van der Waals surface area (Å²) < 4.78 is 4.09. The minimum atomic E-state index is -0.184. The fourth-order valence-corrected chi connectivity index (χ4v) is 6.88. The average molecular weight is 562 g/mol.